The van der Waals surface area contributed by atoms with Gasteiger partial charge in [-0.25, -0.2) is 8.42 Å². The van der Waals surface area contributed by atoms with Crippen LogP contribution in [0, 0.1) is 0 Å². The van der Waals surface area contributed by atoms with Crippen LogP contribution in [-0.2, 0) is 28.8 Å². The van der Waals surface area contributed by atoms with Crippen molar-refractivity contribution in [2.75, 3.05) is 125 Å². The van der Waals surface area contributed by atoms with Crippen molar-refractivity contribution in [3.63, 3.8) is 0 Å². The highest BCUT2D eigenvalue weighted by atomic mass is 32.2. The molecule has 0 spiro atoms. The first-order valence-electron chi connectivity index (χ1n) is 11.9. The molecule has 0 unspecified atom stereocenters. The second kappa shape index (κ2) is 19.0. The van der Waals surface area contributed by atoms with Crippen LogP contribution in [0.25, 0.3) is 0 Å². The highest BCUT2D eigenvalue weighted by molar-refractivity contribution is 7.91. The molecule has 0 aromatic heterocycles. The molecule has 0 aromatic rings. The van der Waals surface area contributed by atoms with Gasteiger partial charge >= 0.3 is 0 Å². The van der Waals surface area contributed by atoms with Crippen molar-refractivity contribution in [1.29, 1.82) is 0 Å². The van der Waals surface area contributed by atoms with Crippen LogP contribution in [0.4, 0.5) is 0 Å². The zero-order valence-electron chi connectivity index (χ0n) is 20.6. The van der Waals surface area contributed by atoms with E-state index < -0.39 is 9.84 Å². The molecule has 0 aliphatic carbocycles. The summed E-state index contributed by atoms with van der Waals surface area (Å²) in [5, 5.41) is 0. The van der Waals surface area contributed by atoms with Crippen LogP contribution >= 0.6 is 0 Å². The number of piperidine rings is 1. The van der Waals surface area contributed by atoms with E-state index in [1.807, 2.05) is 0 Å². The molecule has 0 atom stereocenters. The lowest BCUT2D eigenvalue weighted by atomic mass is 10.1. The topological polar surface area (TPSA) is 80.8 Å². The quantitative estimate of drug-likeness (QED) is 0.466. The van der Waals surface area contributed by atoms with E-state index >= 15 is 0 Å². The Hall–Kier alpha value is -0.330. The second-order valence-electron chi connectivity index (χ2n) is 8.33. The lowest BCUT2D eigenvalue weighted by Gasteiger charge is -2.25. The third-order valence-corrected chi connectivity index (χ3v) is 7.43. The van der Waals surface area contributed by atoms with E-state index in [1.54, 1.807) is 21.3 Å². The van der Waals surface area contributed by atoms with E-state index in [1.165, 1.54) is 32.4 Å². The Balaban J connectivity index is 0.000000241. The first-order valence-corrected chi connectivity index (χ1v) is 13.7. The van der Waals surface area contributed by atoms with Crippen LogP contribution in [0.5, 0.6) is 0 Å². The fourth-order valence-electron chi connectivity index (χ4n) is 3.64. The van der Waals surface area contributed by atoms with Crippen LogP contribution in [0.2, 0.25) is 0 Å². The number of hydrogen-bond donors (Lipinski definition) is 0. The van der Waals surface area contributed by atoms with Crippen LogP contribution in [0.3, 0.4) is 0 Å². The minimum atomic E-state index is -2.72. The van der Waals surface area contributed by atoms with Gasteiger partial charge in [0.15, 0.2) is 9.84 Å². The molecule has 192 valence electrons. The fourth-order valence-corrected chi connectivity index (χ4v) is 4.92. The van der Waals surface area contributed by atoms with Gasteiger partial charge in [-0.15, -0.1) is 0 Å². The molecule has 0 bridgehead atoms. The van der Waals surface area contributed by atoms with E-state index in [0.717, 1.165) is 59.2 Å². The monoisotopic (exact) mass is 481 g/mol. The minimum absolute atomic E-state index is 0.302. The van der Waals surface area contributed by atoms with Crippen LogP contribution < -0.4 is 0 Å². The second-order valence-corrected chi connectivity index (χ2v) is 10.6. The van der Waals surface area contributed by atoms with Gasteiger partial charge < -0.3 is 23.8 Å². The molecule has 9 nitrogen and oxygen atoms in total. The molecular weight excluding hydrogens is 434 g/mol. The number of hydrogen-bond acceptors (Lipinski definition) is 9. The summed E-state index contributed by atoms with van der Waals surface area (Å²) in [4.78, 5) is 6.95. The minimum Gasteiger partial charge on any atom is -0.383 e. The molecule has 3 heterocycles. The fraction of sp³-hybridized carbons (Fsp3) is 1.00. The third-order valence-electron chi connectivity index (χ3n) is 5.82. The molecule has 0 N–H and O–H groups in total. The van der Waals surface area contributed by atoms with E-state index in [4.69, 9.17) is 18.9 Å². The van der Waals surface area contributed by atoms with Crippen molar-refractivity contribution in [3.05, 3.63) is 0 Å². The Morgan fingerprint density at radius 1 is 0.625 bits per heavy atom. The van der Waals surface area contributed by atoms with E-state index in [0.29, 0.717) is 31.2 Å². The molecule has 10 heteroatoms. The van der Waals surface area contributed by atoms with Crippen molar-refractivity contribution in [1.82, 2.24) is 14.7 Å². The molecule has 3 rings (SSSR count). The predicted molar refractivity (Wildman–Crippen MR) is 128 cm³/mol. The maximum atomic E-state index is 11.0. The first-order chi connectivity index (χ1) is 15.5. The number of rotatable bonds is 9. The smallest absolute Gasteiger partial charge is 0.152 e. The Morgan fingerprint density at radius 2 is 1.03 bits per heavy atom. The average molecular weight is 482 g/mol. The van der Waals surface area contributed by atoms with Crippen molar-refractivity contribution >= 4 is 9.84 Å². The number of morpholine rings is 1. The maximum Gasteiger partial charge on any atom is 0.152 e. The van der Waals surface area contributed by atoms with Gasteiger partial charge in [-0.1, -0.05) is 6.42 Å². The molecule has 0 radical (unpaired) electrons. The maximum absolute atomic E-state index is 11.0. The Kier molecular flexibility index (Phi) is 17.7. The number of likely N-dealkylation sites (tertiary alicyclic amines) is 1. The molecule has 3 aliphatic rings. The Morgan fingerprint density at radius 3 is 1.47 bits per heavy atom. The van der Waals surface area contributed by atoms with E-state index in [-0.39, 0.29) is 0 Å². The van der Waals surface area contributed by atoms with Crippen molar-refractivity contribution in [2.45, 2.75) is 19.3 Å². The summed E-state index contributed by atoms with van der Waals surface area (Å²) >= 11 is 0. The standard InChI is InChI=1S/C8H17NO.C7H15NO3S.C7H15NO2/c1-10-8-7-9-5-3-2-4-6-9;1-11-5-2-8-3-6-12(9,10)7-4-8;1-9-5-2-8-3-6-10-7-4-8/h2-8H2,1H3;2-7H2,1H3;2-7H2,1H3. The molecule has 0 saturated carbocycles. The normalized spacial score (nSPS) is 22.3. The predicted octanol–water partition coefficient (Wildman–Crippen LogP) is 0.447. The molecule has 3 saturated heterocycles. The SMILES string of the molecule is COCCN1CCCCC1.COCCN1CCOCC1.COCCN1CCS(=O)(=O)CC1. The highest BCUT2D eigenvalue weighted by Gasteiger charge is 2.20. The van der Waals surface area contributed by atoms with Crippen LogP contribution in [0.1, 0.15) is 19.3 Å². The molecule has 0 aromatic carbocycles. The molecule has 32 heavy (non-hydrogen) atoms. The Bertz CT molecular complexity index is 490. The summed E-state index contributed by atoms with van der Waals surface area (Å²) in [5.41, 5.74) is 0. The van der Waals surface area contributed by atoms with Gasteiger partial charge in [0.25, 0.3) is 0 Å². The van der Waals surface area contributed by atoms with E-state index in [9.17, 15) is 8.42 Å². The molecule has 0 amide bonds. The summed E-state index contributed by atoms with van der Waals surface area (Å²) in [7, 11) is 2.43. The van der Waals surface area contributed by atoms with Gasteiger partial charge in [0.05, 0.1) is 44.5 Å². The van der Waals surface area contributed by atoms with Gasteiger partial charge in [-0.05, 0) is 25.9 Å². The number of sulfone groups is 1. The van der Waals surface area contributed by atoms with Gasteiger partial charge in [-0.3, -0.25) is 9.80 Å². The zero-order chi connectivity index (χ0) is 23.5. The molecular formula is C22H47N3O6S. The van der Waals surface area contributed by atoms with Crippen molar-refractivity contribution < 1.29 is 27.4 Å². The van der Waals surface area contributed by atoms with Crippen LogP contribution in [0.15, 0.2) is 0 Å². The summed E-state index contributed by atoms with van der Waals surface area (Å²) in [6.07, 6.45) is 4.18. The largest absolute Gasteiger partial charge is 0.383 e. The number of ether oxygens (including phenoxy) is 4. The van der Waals surface area contributed by atoms with E-state index in [2.05, 4.69) is 14.7 Å². The zero-order valence-corrected chi connectivity index (χ0v) is 21.5. The summed E-state index contributed by atoms with van der Waals surface area (Å²) in [6, 6.07) is 0. The third kappa shape index (κ3) is 15.5. The van der Waals surface area contributed by atoms with Crippen molar-refractivity contribution in [2.24, 2.45) is 0 Å². The molecule has 3 fully saturated rings. The number of nitrogens with zero attached hydrogens (tertiary/aromatic N) is 3. The summed E-state index contributed by atoms with van der Waals surface area (Å²) in [6.45, 7) is 13.2. The summed E-state index contributed by atoms with van der Waals surface area (Å²) < 4.78 is 42.1. The van der Waals surface area contributed by atoms with Crippen LogP contribution in [-0.4, -0.2) is 148 Å². The lowest BCUT2D eigenvalue weighted by molar-refractivity contribution is 0.0263. The molecule has 3 aliphatic heterocycles. The highest BCUT2D eigenvalue weighted by Crippen LogP contribution is 2.07. The number of methoxy groups -OCH3 is 3. The van der Waals surface area contributed by atoms with Gasteiger partial charge in [0.2, 0.25) is 0 Å². The summed E-state index contributed by atoms with van der Waals surface area (Å²) in [5.74, 6) is 0.605. The first kappa shape index (κ1) is 29.7. The van der Waals surface area contributed by atoms with Gasteiger partial charge in [-0.2, -0.15) is 0 Å². The Labute approximate surface area is 196 Å². The average Bonchev–Trinajstić information content (AvgIpc) is 2.83. The van der Waals surface area contributed by atoms with Crippen molar-refractivity contribution in [3.8, 4) is 0 Å². The van der Waals surface area contributed by atoms with Gasteiger partial charge in [0, 0.05) is 67.1 Å². The lowest BCUT2D eigenvalue weighted by Crippen LogP contribution is -2.41. The van der Waals surface area contributed by atoms with Gasteiger partial charge in [0.1, 0.15) is 0 Å².